The zero-order chi connectivity index (χ0) is 13.1. The van der Waals surface area contributed by atoms with Crippen LogP contribution in [0.2, 0.25) is 0 Å². The highest BCUT2D eigenvalue weighted by atomic mass is 19.1. The molecule has 0 spiro atoms. The molecule has 1 aromatic carbocycles. The summed E-state index contributed by atoms with van der Waals surface area (Å²) in [7, 11) is 0. The van der Waals surface area contributed by atoms with Crippen molar-refractivity contribution in [3.05, 3.63) is 29.6 Å². The summed E-state index contributed by atoms with van der Waals surface area (Å²) in [5.74, 6) is -0.343. The van der Waals surface area contributed by atoms with Crippen LogP contribution in [-0.4, -0.2) is 37.0 Å². The van der Waals surface area contributed by atoms with E-state index in [2.05, 4.69) is 0 Å². The van der Waals surface area contributed by atoms with Crippen molar-refractivity contribution in [1.82, 2.24) is 4.90 Å². The first-order valence-electron chi connectivity index (χ1n) is 5.81. The maximum Gasteiger partial charge on any atom is 0.219 e. The number of benzene rings is 1. The van der Waals surface area contributed by atoms with Gasteiger partial charge in [0.2, 0.25) is 5.91 Å². The molecular weight excluding hydrogens is 233 g/mol. The highest BCUT2D eigenvalue weighted by Gasteiger charge is 2.19. The Bertz CT molecular complexity index is 501. The fourth-order valence-electron chi connectivity index (χ4n) is 2.10. The average Bonchev–Trinajstić information content (AvgIpc) is 2.38. The number of amides is 1. The minimum absolute atomic E-state index is 0.0617. The van der Waals surface area contributed by atoms with Crippen molar-refractivity contribution in [2.24, 2.45) is 0 Å². The Morgan fingerprint density at radius 3 is 2.50 bits per heavy atom. The molecule has 0 bridgehead atoms. The standard InChI is InChI=1S/C13H14FN3O/c1-10(18)16-2-4-17(5-3-16)13-7-11(9-15)6-12(14)8-13/h6-8H,2-5H2,1H3. The highest BCUT2D eigenvalue weighted by molar-refractivity contribution is 5.73. The van der Waals surface area contributed by atoms with Gasteiger partial charge in [0.25, 0.3) is 0 Å². The first kappa shape index (κ1) is 12.4. The predicted molar refractivity (Wildman–Crippen MR) is 65.6 cm³/mol. The largest absolute Gasteiger partial charge is 0.368 e. The minimum atomic E-state index is -0.405. The molecular formula is C13H14FN3O. The molecule has 1 aliphatic rings. The van der Waals surface area contributed by atoms with E-state index in [1.54, 1.807) is 17.9 Å². The van der Waals surface area contributed by atoms with Crippen molar-refractivity contribution in [2.75, 3.05) is 31.1 Å². The normalized spacial score (nSPS) is 15.4. The number of halogens is 1. The van der Waals surface area contributed by atoms with Gasteiger partial charge in [-0.15, -0.1) is 0 Å². The molecule has 0 saturated carbocycles. The summed E-state index contributed by atoms with van der Waals surface area (Å²) in [6.45, 7) is 4.13. The number of piperazine rings is 1. The fourth-order valence-corrected chi connectivity index (χ4v) is 2.10. The van der Waals surface area contributed by atoms with Crippen molar-refractivity contribution in [2.45, 2.75) is 6.92 Å². The molecule has 1 saturated heterocycles. The maximum atomic E-state index is 13.3. The van der Waals surface area contributed by atoms with Crippen LogP contribution < -0.4 is 4.90 Å². The second-order valence-electron chi connectivity index (χ2n) is 4.30. The summed E-state index contributed by atoms with van der Waals surface area (Å²) in [5.41, 5.74) is 1.02. The summed E-state index contributed by atoms with van der Waals surface area (Å²) in [6.07, 6.45) is 0. The molecule has 0 unspecified atom stereocenters. The second-order valence-corrected chi connectivity index (χ2v) is 4.30. The smallest absolute Gasteiger partial charge is 0.219 e. The maximum absolute atomic E-state index is 13.3. The van der Waals surface area contributed by atoms with Crippen LogP contribution in [0.5, 0.6) is 0 Å². The molecule has 4 nitrogen and oxygen atoms in total. The predicted octanol–water partition coefficient (Wildman–Crippen LogP) is 1.37. The van der Waals surface area contributed by atoms with Gasteiger partial charge in [0.05, 0.1) is 11.6 Å². The lowest BCUT2D eigenvalue weighted by molar-refractivity contribution is -0.129. The third-order valence-corrected chi connectivity index (χ3v) is 3.10. The van der Waals surface area contributed by atoms with E-state index in [-0.39, 0.29) is 5.91 Å². The summed E-state index contributed by atoms with van der Waals surface area (Å²) < 4.78 is 13.3. The summed E-state index contributed by atoms with van der Waals surface area (Å²) in [4.78, 5) is 15.0. The Morgan fingerprint density at radius 1 is 1.28 bits per heavy atom. The number of hydrogen-bond acceptors (Lipinski definition) is 3. The summed E-state index contributed by atoms with van der Waals surface area (Å²) in [5, 5.41) is 8.81. The van der Waals surface area contributed by atoms with Gasteiger partial charge in [0.1, 0.15) is 5.82 Å². The lowest BCUT2D eigenvalue weighted by Crippen LogP contribution is -2.48. The van der Waals surface area contributed by atoms with Gasteiger partial charge in [-0.3, -0.25) is 4.79 Å². The molecule has 0 radical (unpaired) electrons. The molecule has 1 aliphatic heterocycles. The lowest BCUT2D eigenvalue weighted by Gasteiger charge is -2.35. The topological polar surface area (TPSA) is 47.3 Å². The lowest BCUT2D eigenvalue weighted by atomic mass is 10.1. The molecule has 0 N–H and O–H groups in total. The first-order chi connectivity index (χ1) is 8.60. The zero-order valence-corrected chi connectivity index (χ0v) is 10.2. The minimum Gasteiger partial charge on any atom is -0.368 e. The number of carbonyl (C=O) groups excluding carboxylic acids is 1. The Morgan fingerprint density at radius 2 is 1.94 bits per heavy atom. The van der Waals surface area contributed by atoms with Gasteiger partial charge in [-0.1, -0.05) is 0 Å². The second kappa shape index (κ2) is 5.05. The molecule has 94 valence electrons. The number of nitrogens with zero attached hydrogens (tertiary/aromatic N) is 3. The molecule has 0 aromatic heterocycles. The van der Waals surface area contributed by atoms with E-state index in [0.29, 0.717) is 37.4 Å². The van der Waals surface area contributed by atoms with E-state index in [1.807, 2.05) is 11.0 Å². The van der Waals surface area contributed by atoms with Crippen LogP contribution in [0.1, 0.15) is 12.5 Å². The number of rotatable bonds is 1. The van der Waals surface area contributed by atoms with Gasteiger partial charge in [-0.25, -0.2) is 4.39 Å². The quantitative estimate of drug-likeness (QED) is 0.753. The van der Waals surface area contributed by atoms with E-state index in [4.69, 9.17) is 5.26 Å². The van der Waals surface area contributed by atoms with Crippen molar-refractivity contribution >= 4 is 11.6 Å². The molecule has 1 amide bonds. The van der Waals surface area contributed by atoms with Crippen molar-refractivity contribution in [3.63, 3.8) is 0 Å². The number of anilines is 1. The summed E-state index contributed by atoms with van der Waals surface area (Å²) in [6, 6.07) is 6.25. The summed E-state index contributed by atoms with van der Waals surface area (Å²) >= 11 is 0. The van der Waals surface area contributed by atoms with Gasteiger partial charge < -0.3 is 9.80 Å². The Labute approximate surface area is 105 Å². The molecule has 18 heavy (non-hydrogen) atoms. The van der Waals surface area contributed by atoms with Crippen LogP contribution >= 0.6 is 0 Å². The monoisotopic (exact) mass is 247 g/mol. The van der Waals surface area contributed by atoms with E-state index in [0.717, 1.165) is 0 Å². The average molecular weight is 247 g/mol. The number of nitriles is 1. The van der Waals surface area contributed by atoms with E-state index in [1.165, 1.54) is 12.1 Å². The van der Waals surface area contributed by atoms with Gasteiger partial charge in [-0.05, 0) is 18.2 Å². The van der Waals surface area contributed by atoms with Crippen molar-refractivity contribution in [3.8, 4) is 6.07 Å². The van der Waals surface area contributed by atoms with Gasteiger partial charge in [0.15, 0.2) is 0 Å². The molecule has 1 heterocycles. The van der Waals surface area contributed by atoms with Crippen LogP contribution in [0.3, 0.4) is 0 Å². The van der Waals surface area contributed by atoms with E-state index in [9.17, 15) is 9.18 Å². The fraction of sp³-hybridized carbons (Fsp3) is 0.385. The van der Waals surface area contributed by atoms with Crippen LogP contribution in [0.25, 0.3) is 0 Å². The van der Waals surface area contributed by atoms with Crippen molar-refractivity contribution < 1.29 is 9.18 Å². The third kappa shape index (κ3) is 2.59. The van der Waals surface area contributed by atoms with Crippen LogP contribution in [0.4, 0.5) is 10.1 Å². The number of hydrogen-bond donors (Lipinski definition) is 0. The highest BCUT2D eigenvalue weighted by Crippen LogP contribution is 2.20. The van der Waals surface area contributed by atoms with Gasteiger partial charge in [-0.2, -0.15) is 5.26 Å². The number of carbonyl (C=O) groups is 1. The van der Waals surface area contributed by atoms with Crippen LogP contribution in [0, 0.1) is 17.1 Å². The third-order valence-electron chi connectivity index (χ3n) is 3.10. The van der Waals surface area contributed by atoms with E-state index < -0.39 is 5.82 Å². The van der Waals surface area contributed by atoms with Gasteiger partial charge >= 0.3 is 0 Å². The molecule has 1 fully saturated rings. The van der Waals surface area contributed by atoms with Crippen molar-refractivity contribution in [1.29, 1.82) is 5.26 Å². The Hall–Kier alpha value is -2.09. The molecule has 0 aliphatic carbocycles. The SMILES string of the molecule is CC(=O)N1CCN(c2cc(F)cc(C#N)c2)CC1. The van der Waals surface area contributed by atoms with Crippen LogP contribution in [0.15, 0.2) is 18.2 Å². The Kier molecular flexibility index (Phi) is 3.47. The Balaban J connectivity index is 2.12. The van der Waals surface area contributed by atoms with Gasteiger partial charge in [0, 0.05) is 38.8 Å². The first-order valence-corrected chi connectivity index (χ1v) is 5.81. The van der Waals surface area contributed by atoms with Crippen LogP contribution in [-0.2, 0) is 4.79 Å². The molecule has 5 heteroatoms. The zero-order valence-electron chi connectivity index (χ0n) is 10.2. The molecule has 0 atom stereocenters. The van der Waals surface area contributed by atoms with E-state index >= 15 is 0 Å². The molecule has 1 aromatic rings. The molecule has 2 rings (SSSR count).